The number of hydrogen-bond donors (Lipinski definition) is 3. The molecule has 1 aromatic rings. The molecule has 0 saturated carbocycles. The van der Waals surface area contributed by atoms with Crippen LogP contribution in [0.15, 0.2) is 24.3 Å². The van der Waals surface area contributed by atoms with Crippen LogP contribution < -0.4 is 10.8 Å². The van der Waals surface area contributed by atoms with Crippen molar-refractivity contribution in [3.63, 3.8) is 0 Å². The van der Waals surface area contributed by atoms with E-state index >= 15 is 0 Å². The summed E-state index contributed by atoms with van der Waals surface area (Å²) < 4.78 is 5.36. The molecule has 0 aliphatic rings. The van der Waals surface area contributed by atoms with E-state index in [0.29, 0.717) is 11.4 Å². The summed E-state index contributed by atoms with van der Waals surface area (Å²) in [6.07, 6.45) is 0. The van der Waals surface area contributed by atoms with Gasteiger partial charge < -0.3 is 10.1 Å². The number of ether oxygens (including phenoxy) is 1. The first-order valence-electron chi connectivity index (χ1n) is 6.16. The lowest BCUT2D eigenvalue weighted by Crippen LogP contribution is -2.44. The van der Waals surface area contributed by atoms with Crippen LogP contribution >= 0.6 is 0 Å². The molecule has 0 atom stereocenters. The number of anilines is 2. The summed E-state index contributed by atoms with van der Waals surface area (Å²) in [5.41, 5.74) is 1.78. The third-order valence-electron chi connectivity index (χ3n) is 2.40. The first kappa shape index (κ1) is 15.3. The topological polar surface area (TPSA) is 70.6 Å². The number of rotatable bonds is 4. The van der Waals surface area contributed by atoms with E-state index < -0.39 is 11.1 Å². The van der Waals surface area contributed by atoms with Crippen LogP contribution in [-0.2, 0) is 9.53 Å². The van der Waals surface area contributed by atoms with Gasteiger partial charge >= 0.3 is 5.97 Å². The number of carbonyl (C=O) groups excluding carboxylic acids is 1. The minimum Gasteiger partial charge on any atom is -0.458 e. The minimum absolute atomic E-state index is 0.354. The fraction of sp³-hybridized carbons (Fsp3) is 0.500. The number of carbonyl (C=O) groups is 1. The number of esters is 1. The van der Waals surface area contributed by atoms with Gasteiger partial charge in [-0.25, -0.2) is 4.79 Å². The van der Waals surface area contributed by atoms with Crippen molar-refractivity contribution in [2.45, 2.75) is 45.8 Å². The van der Waals surface area contributed by atoms with E-state index in [9.17, 15) is 4.79 Å². The van der Waals surface area contributed by atoms with Gasteiger partial charge in [-0.05, 0) is 46.8 Å². The molecule has 0 unspecified atom stereocenters. The highest BCUT2D eigenvalue weighted by Gasteiger charge is 2.32. The van der Waals surface area contributed by atoms with E-state index in [-0.39, 0.29) is 5.97 Å². The third kappa shape index (κ3) is 4.44. The first-order valence-corrected chi connectivity index (χ1v) is 6.16. The molecule has 0 fully saturated rings. The molecule has 0 amide bonds. The summed E-state index contributed by atoms with van der Waals surface area (Å²) in [6.45, 7) is 8.93. The number of nitrogens with one attached hydrogen (secondary N) is 2. The van der Waals surface area contributed by atoms with Crippen LogP contribution in [0.4, 0.5) is 11.4 Å². The molecule has 0 aromatic heterocycles. The molecule has 3 N–H and O–H groups in total. The summed E-state index contributed by atoms with van der Waals surface area (Å²) in [5, 5.41) is 12.1. The molecule has 106 valence electrons. The van der Waals surface area contributed by atoms with Crippen molar-refractivity contribution in [1.82, 2.24) is 0 Å². The van der Waals surface area contributed by atoms with Crippen molar-refractivity contribution in [3.05, 3.63) is 24.3 Å². The molecule has 5 nitrogen and oxygen atoms in total. The van der Waals surface area contributed by atoms with Crippen molar-refractivity contribution in [1.29, 1.82) is 0 Å². The molecule has 0 aliphatic heterocycles. The zero-order valence-electron chi connectivity index (χ0n) is 12.1. The molecular weight excluding hydrogens is 244 g/mol. The summed E-state index contributed by atoms with van der Waals surface area (Å²) in [6, 6.07) is 7.07. The lowest BCUT2D eigenvalue weighted by atomic mass is 10.0. The van der Waals surface area contributed by atoms with E-state index in [4.69, 9.17) is 9.94 Å². The van der Waals surface area contributed by atoms with E-state index in [1.165, 1.54) is 0 Å². The summed E-state index contributed by atoms with van der Waals surface area (Å²) >= 11 is 0. The van der Waals surface area contributed by atoms with Crippen molar-refractivity contribution >= 4 is 17.3 Å². The van der Waals surface area contributed by atoms with Gasteiger partial charge in [-0.15, -0.1) is 0 Å². The van der Waals surface area contributed by atoms with Gasteiger partial charge in [-0.3, -0.25) is 10.7 Å². The zero-order chi connectivity index (χ0) is 14.7. The Labute approximate surface area is 113 Å². The molecule has 0 aliphatic carbocycles. The monoisotopic (exact) mass is 266 g/mol. The molecule has 1 aromatic carbocycles. The Hall–Kier alpha value is -1.75. The maximum absolute atomic E-state index is 12.1. The standard InChI is InChI=1S/C14H22N2O3/c1-13(2,3)19-12(17)14(4,5)15-10-8-6-7-9-11(10)16-18/h6-9,15-16,18H,1-5H3. The Bertz CT molecular complexity index is 450. The summed E-state index contributed by atoms with van der Waals surface area (Å²) in [4.78, 5) is 12.1. The zero-order valence-corrected chi connectivity index (χ0v) is 12.1. The summed E-state index contributed by atoms with van der Waals surface area (Å²) in [7, 11) is 0. The van der Waals surface area contributed by atoms with Crippen molar-refractivity contribution in [2.75, 3.05) is 10.8 Å². The normalized spacial score (nSPS) is 11.9. The Morgan fingerprint density at radius 1 is 1.11 bits per heavy atom. The third-order valence-corrected chi connectivity index (χ3v) is 2.40. The van der Waals surface area contributed by atoms with Gasteiger partial charge in [-0.2, -0.15) is 0 Å². The van der Waals surface area contributed by atoms with E-state index in [1.807, 2.05) is 26.8 Å². The van der Waals surface area contributed by atoms with Crippen LogP contribution in [-0.4, -0.2) is 22.3 Å². The van der Waals surface area contributed by atoms with Crippen molar-refractivity contribution in [3.8, 4) is 0 Å². The highest BCUT2D eigenvalue weighted by Crippen LogP contribution is 2.25. The predicted octanol–water partition coefficient (Wildman–Crippen LogP) is 3.02. The van der Waals surface area contributed by atoms with Crippen LogP contribution in [0.3, 0.4) is 0 Å². The minimum atomic E-state index is -0.903. The summed E-state index contributed by atoms with van der Waals surface area (Å²) in [5.74, 6) is -0.354. The predicted molar refractivity (Wildman–Crippen MR) is 75.4 cm³/mol. The molecule has 0 heterocycles. The molecule has 0 bridgehead atoms. The second-order valence-corrected chi connectivity index (χ2v) is 5.91. The highest BCUT2D eigenvalue weighted by atomic mass is 16.6. The Kier molecular flexibility index (Phi) is 4.42. The first-order chi connectivity index (χ1) is 8.65. The number of benzene rings is 1. The van der Waals surface area contributed by atoms with Crippen LogP contribution in [0, 0.1) is 0 Å². The second-order valence-electron chi connectivity index (χ2n) is 5.91. The fourth-order valence-corrected chi connectivity index (χ4v) is 1.48. The number of hydrogen-bond acceptors (Lipinski definition) is 5. The van der Waals surface area contributed by atoms with Gasteiger partial charge in [-0.1, -0.05) is 12.1 Å². The lowest BCUT2D eigenvalue weighted by molar-refractivity contribution is -0.159. The fourth-order valence-electron chi connectivity index (χ4n) is 1.48. The largest absolute Gasteiger partial charge is 0.458 e. The lowest BCUT2D eigenvalue weighted by Gasteiger charge is -2.30. The van der Waals surface area contributed by atoms with Gasteiger partial charge in [0.2, 0.25) is 0 Å². The van der Waals surface area contributed by atoms with E-state index in [0.717, 1.165) is 0 Å². The Morgan fingerprint density at radius 3 is 2.11 bits per heavy atom. The molecule has 0 saturated heterocycles. The molecule has 1 rings (SSSR count). The van der Waals surface area contributed by atoms with Crippen LogP contribution in [0.1, 0.15) is 34.6 Å². The van der Waals surface area contributed by atoms with Gasteiger partial charge in [0.25, 0.3) is 0 Å². The number of para-hydroxylation sites is 2. The van der Waals surface area contributed by atoms with Gasteiger partial charge in [0.05, 0.1) is 11.4 Å². The average molecular weight is 266 g/mol. The maximum Gasteiger partial charge on any atom is 0.331 e. The molecule has 19 heavy (non-hydrogen) atoms. The van der Waals surface area contributed by atoms with Gasteiger partial charge in [0.1, 0.15) is 11.1 Å². The SMILES string of the molecule is CC(C)(C)OC(=O)C(C)(C)Nc1ccccc1NO. The average Bonchev–Trinajstić information content (AvgIpc) is 2.27. The van der Waals surface area contributed by atoms with E-state index in [1.54, 1.807) is 32.0 Å². The highest BCUT2D eigenvalue weighted by molar-refractivity contribution is 5.85. The Morgan fingerprint density at radius 2 is 1.63 bits per heavy atom. The van der Waals surface area contributed by atoms with Gasteiger partial charge in [0, 0.05) is 0 Å². The van der Waals surface area contributed by atoms with Gasteiger partial charge in [0.15, 0.2) is 0 Å². The quantitative estimate of drug-likeness (QED) is 0.577. The van der Waals surface area contributed by atoms with E-state index in [2.05, 4.69) is 10.8 Å². The second kappa shape index (κ2) is 5.48. The molecule has 0 radical (unpaired) electrons. The van der Waals surface area contributed by atoms with Crippen LogP contribution in [0.25, 0.3) is 0 Å². The van der Waals surface area contributed by atoms with Crippen LogP contribution in [0.5, 0.6) is 0 Å². The Balaban J connectivity index is 2.87. The van der Waals surface area contributed by atoms with Crippen molar-refractivity contribution in [2.24, 2.45) is 0 Å². The molecule has 0 spiro atoms. The molecule has 5 heteroatoms. The van der Waals surface area contributed by atoms with Crippen LogP contribution in [0.2, 0.25) is 0 Å². The molecular formula is C14H22N2O3. The smallest absolute Gasteiger partial charge is 0.331 e. The van der Waals surface area contributed by atoms with Crippen molar-refractivity contribution < 1.29 is 14.7 Å². The maximum atomic E-state index is 12.1.